The zero-order chi connectivity index (χ0) is 15.7. The Bertz CT molecular complexity index is 502. The molecule has 0 aromatic heterocycles. The molecule has 0 radical (unpaired) electrons. The summed E-state index contributed by atoms with van der Waals surface area (Å²) in [6.45, 7) is 10.0. The van der Waals surface area contributed by atoms with Crippen molar-refractivity contribution in [2.45, 2.75) is 78.2 Å². The van der Waals surface area contributed by atoms with Gasteiger partial charge in [-0.2, -0.15) is 7.05 Å². The quantitative estimate of drug-likeness (QED) is 0.531. The van der Waals surface area contributed by atoms with Crippen molar-refractivity contribution in [3.63, 3.8) is 0 Å². The van der Waals surface area contributed by atoms with Crippen LogP contribution in [0.1, 0.15) is 72.6 Å². The molecule has 2 saturated carbocycles. The van der Waals surface area contributed by atoms with Crippen molar-refractivity contribution >= 4 is 0 Å². The molecule has 1 nitrogen and oxygen atoms in total. The lowest BCUT2D eigenvalue weighted by molar-refractivity contribution is 0.0143. The van der Waals surface area contributed by atoms with E-state index in [0.29, 0.717) is 5.41 Å². The lowest BCUT2D eigenvalue weighted by Gasteiger charge is -2.64. The van der Waals surface area contributed by atoms with E-state index in [0.717, 1.165) is 29.6 Å². The molecule has 2 fully saturated rings. The minimum Gasteiger partial charge on any atom is -0.659 e. The molecule has 0 saturated heterocycles. The van der Waals surface area contributed by atoms with Crippen LogP contribution < -0.4 is 0 Å². The summed E-state index contributed by atoms with van der Waals surface area (Å²) in [5.74, 6) is 4.51. The van der Waals surface area contributed by atoms with E-state index in [9.17, 15) is 0 Å². The molecule has 0 aromatic rings. The Hall–Kier alpha value is -0.300. The van der Waals surface area contributed by atoms with E-state index in [-0.39, 0.29) is 5.54 Å². The van der Waals surface area contributed by atoms with Crippen LogP contribution in [0.25, 0.3) is 5.32 Å². The standard InChI is InChI=1S/C21H34N/c1-13-10-15-12-20(2,3)11-14-6-7-17-19(18(14)15)16(13)8-9-21(17,4)22-5/h13,15-17,19H,6-12H2,1-5H3/q-1. The molecule has 0 aliphatic heterocycles. The number of allylic oxidation sites excluding steroid dienone is 2. The summed E-state index contributed by atoms with van der Waals surface area (Å²) < 4.78 is 0. The van der Waals surface area contributed by atoms with Gasteiger partial charge in [0.2, 0.25) is 0 Å². The fraction of sp³-hybridized carbons (Fsp3) is 0.905. The molecule has 0 aromatic carbocycles. The summed E-state index contributed by atoms with van der Waals surface area (Å²) in [4.78, 5) is 0. The van der Waals surface area contributed by atoms with Crippen LogP contribution in [-0.4, -0.2) is 12.6 Å². The van der Waals surface area contributed by atoms with E-state index in [1.165, 1.54) is 44.9 Å². The second kappa shape index (κ2) is 4.85. The molecular weight excluding hydrogens is 266 g/mol. The van der Waals surface area contributed by atoms with E-state index < -0.39 is 0 Å². The minimum atomic E-state index is 0.258. The highest BCUT2D eigenvalue weighted by Crippen LogP contribution is 2.63. The Kier molecular flexibility index (Phi) is 3.36. The van der Waals surface area contributed by atoms with Crippen LogP contribution in [0, 0.1) is 35.0 Å². The highest BCUT2D eigenvalue weighted by atomic mass is 15.0. The average Bonchev–Trinajstić information content (AvgIpc) is 2.45. The first-order valence-electron chi connectivity index (χ1n) is 9.67. The molecule has 6 atom stereocenters. The second-order valence-electron chi connectivity index (χ2n) is 9.97. The Morgan fingerprint density at radius 1 is 1.14 bits per heavy atom. The van der Waals surface area contributed by atoms with Gasteiger partial charge in [-0.15, -0.1) is 5.54 Å². The van der Waals surface area contributed by atoms with E-state index in [2.05, 4.69) is 34.7 Å². The van der Waals surface area contributed by atoms with Crippen LogP contribution in [0.4, 0.5) is 0 Å². The van der Waals surface area contributed by atoms with Gasteiger partial charge >= 0.3 is 0 Å². The predicted octanol–water partition coefficient (Wildman–Crippen LogP) is 5.96. The van der Waals surface area contributed by atoms with Crippen LogP contribution in [-0.2, 0) is 0 Å². The van der Waals surface area contributed by atoms with Crippen molar-refractivity contribution in [1.82, 2.24) is 0 Å². The highest BCUT2D eigenvalue weighted by Gasteiger charge is 2.53. The smallest absolute Gasteiger partial charge is 0.0150 e. The van der Waals surface area contributed by atoms with Gasteiger partial charge in [0, 0.05) is 0 Å². The minimum absolute atomic E-state index is 0.258. The summed E-state index contributed by atoms with van der Waals surface area (Å²) in [5, 5.41) is 4.92. The Morgan fingerprint density at radius 2 is 1.91 bits per heavy atom. The van der Waals surface area contributed by atoms with Crippen LogP contribution in [0.3, 0.4) is 0 Å². The number of rotatable bonds is 1. The molecule has 4 rings (SSSR count). The molecule has 22 heavy (non-hydrogen) atoms. The lowest BCUT2D eigenvalue weighted by Crippen LogP contribution is -2.53. The Balaban J connectivity index is 1.79. The van der Waals surface area contributed by atoms with Gasteiger partial charge in [0.1, 0.15) is 0 Å². The highest BCUT2D eigenvalue weighted by molar-refractivity contribution is 5.34. The van der Waals surface area contributed by atoms with Gasteiger partial charge in [0.15, 0.2) is 0 Å². The van der Waals surface area contributed by atoms with Gasteiger partial charge in [-0.3, -0.25) is 0 Å². The molecule has 4 aliphatic carbocycles. The van der Waals surface area contributed by atoms with E-state index in [4.69, 9.17) is 5.32 Å². The van der Waals surface area contributed by atoms with Crippen molar-refractivity contribution in [2.75, 3.05) is 7.05 Å². The molecular formula is C21H34N-. The van der Waals surface area contributed by atoms with Crippen molar-refractivity contribution in [3.8, 4) is 0 Å². The van der Waals surface area contributed by atoms with Crippen molar-refractivity contribution in [2.24, 2.45) is 35.0 Å². The third-order valence-corrected chi connectivity index (χ3v) is 8.03. The zero-order valence-electron chi connectivity index (χ0n) is 15.3. The van der Waals surface area contributed by atoms with Crippen LogP contribution >= 0.6 is 0 Å². The van der Waals surface area contributed by atoms with Crippen molar-refractivity contribution < 1.29 is 0 Å². The molecule has 0 N–H and O–H groups in total. The zero-order valence-corrected chi connectivity index (χ0v) is 15.3. The summed E-state index contributed by atoms with van der Waals surface area (Å²) in [7, 11) is 2.08. The monoisotopic (exact) mass is 300 g/mol. The van der Waals surface area contributed by atoms with E-state index in [1.54, 1.807) is 0 Å². The summed E-state index contributed by atoms with van der Waals surface area (Å²) in [5.41, 5.74) is 4.65. The van der Waals surface area contributed by atoms with Gasteiger partial charge < -0.3 is 5.32 Å². The largest absolute Gasteiger partial charge is 0.659 e. The number of hydrogen-bond donors (Lipinski definition) is 0. The topological polar surface area (TPSA) is 14.1 Å². The summed E-state index contributed by atoms with van der Waals surface area (Å²) in [6.07, 6.45) is 9.82. The third-order valence-electron chi connectivity index (χ3n) is 8.03. The molecule has 4 aliphatic rings. The van der Waals surface area contributed by atoms with Crippen LogP contribution in [0.15, 0.2) is 11.1 Å². The van der Waals surface area contributed by atoms with Gasteiger partial charge in [-0.1, -0.05) is 51.7 Å². The summed E-state index contributed by atoms with van der Waals surface area (Å²) in [6, 6.07) is 0. The molecule has 0 spiro atoms. The summed E-state index contributed by atoms with van der Waals surface area (Å²) >= 11 is 0. The maximum absolute atomic E-state index is 4.92. The van der Waals surface area contributed by atoms with E-state index in [1.807, 2.05) is 11.1 Å². The van der Waals surface area contributed by atoms with Gasteiger partial charge in [-0.05, 0) is 67.1 Å². The first-order chi connectivity index (χ1) is 10.3. The molecule has 0 heterocycles. The molecule has 6 unspecified atom stereocenters. The second-order valence-corrected chi connectivity index (χ2v) is 9.97. The number of hydrogen-bond acceptors (Lipinski definition) is 0. The van der Waals surface area contributed by atoms with Crippen LogP contribution in [0.5, 0.6) is 0 Å². The Morgan fingerprint density at radius 3 is 2.64 bits per heavy atom. The van der Waals surface area contributed by atoms with Gasteiger partial charge in [0.05, 0.1) is 0 Å². The maximum Gasteiger partial charge on any atom is -0.0150 e. The van der Waals surface area contributed by atoms with Gasteiger partial charge in [-0.25, -0.2) is 0 Å². The van der Waals surface area contributed by atoms with Crippen molar-refractivity contribution in [1.29, 1.82) is 0 Å². The fourth-order valence-corrected chi connectivity index (χ4v) is 7.08. The normalized spacial score (nSPS) is 49.8. The van der Waals surface area contributed by atoms with Gasteiger partial charge in [0.25, 0.3) is 0 Å². The predicted molar refractivity (Wildman–Crippen MR) is 93.9 cm³/mol. The average molecular weight is 301 g/mol. The Labute approximate surface area is 137 Å². The molecule has 0 bridgehead atoms. The fourth-order valence-electron chi connectivity index (χ4n) is 7.08. The molecule has 1 heteroatoms. The van der Waals surface area contributed by atoms with Crippen molar-refractivity contribution in [3.05, 3.63) is 16.5 Å². The maximum atomic E-state index is 4.92. The first kappa shape index (κ1) is 15.2. The first-order valence-corrected chi connectivity index (χ1v) is 9.67. The van der Waals surface area contributed by atoms with E-state index >= 15 is 0 Å². The molecule has 0 amide bonds. The molecule has 124 valence electrons. The number of nitrogens with zero attached hydrogens (tertiary/aromatic N) is 1. The van der Waals surface area contributed by atoms with Crippen LogP contribution in [0.2, 0.25) is 0 Å². The third kappa shape index (κ3) is 2.07. The SMILES string of the molecule is C[N-]C1(C)CCC2C(C)CC3CC(C)(C)CC4=C3C2C1CC4. The lowest BCUT2D eigenvalue weighted by atomic mass is 9.46.